The number of hydrogen-bond donors (Lipinski definition) is 0. The Balaban J connectivity index is 1.91. The van der Waals surface area contributed by atoms with Crippen LogP contribution >= 0.6 is 0 Å². The summed E-state index contributed by atoms with van der Waals surface area (Å²) < 4.78 is 0. The lowest BCUT2D eigenvalue weighted by molar-refractivity contribution is 0.100. The predicted octanol–water partition coefficient (Wildman–Crippen LogP) is 3.00. The van der Waals surface area contributed by atoms with E-state index in [1.165, 1.54) is 19.3 Å². The highest BCUT2D eigenvalue weighted by Gasteiger charge is 2.45. The van der Waals surface area contributed by atoms with Crippen molar-refractivity contribution < 1.29 is 0 Å². The Morgan fingerprint density at radius 3 is 2.90 bits per heavy atom. The van der Waals surface area contributed by atoms with Crippen LogP contribution in [0.25, 0.3) is 0 Å². The molecule has 0 bridgehead atoms. The Kier molecular flexibility index (Phi) is 1.36. The Morgan fingerprint density at radius 2 is 2.40 bits per heavy atom. The van der Waals surface area contributed by atoms with Crippen molar-refractivity contribution in [2.24, 2.45) is 17.8 Å². The Hall–Kier alpha value is -0.260. The fourth-order valence-electron chi connectivity index (χ4n) is 2.68. The second kappa shape index (κ2) is 2.11. The molecule has 0 nitrogen and oxygen atoms in total. The minimum Gasteiger partial charge on any atom is -0.0816 e. The third kappa shape index (κ3) is 0.680. The summed E-state index contributed by atoms with van der Waals surface area (Å²) >= 11 is 0. The molecule has 0 radical (unpaired) electrons. The van der Waals surface area contributed by atoms with Gasteiger partial charge in [-0.25, -0.2) is 0 Å². The summed E-state index contributed by atoms with van der Waals surface area (Å²) in [6.07, 6.45) is 6.79. The van der Waals surface area contributed by atoms with Crippen LogP contribution in [0.5, 0.6) is 0 Å². The van der Waals surface area contributed by atoms with E-state index in [0.29, 0.717) is 0 Å². The molecule has 0 aliphatic heterocycles. The first-order chi connectivity index (χ1) is 4.83. The molecule has 0 heterocycles. The highest BCUT2D eigenvalue weighted by molar-refractivity contribution is 5.26. The minimum absolute atomic E-state index is 1.01. The molecule has 0 aromatic rings. The minimum atomic E-state index is 1.01. The number of allylic oxidation sites excluding steroid dienone is 2. The average Bonchev–Trinajstić information content (AvgIpc) is 1.84. The van der Waals surface area contributed by atoms with Crippen LogP contribution in [-0.4, -0.2) is 0 Å². The van der Waals surface area contributed by atoms with Gasteiger partial charge in [0.15, 0.2) is 0 Å². The smallest absolute Gasteiger partial charge is 0.0114 e. The van der Waals surface area contributed by atoms with E-state index in [1.807, 2.05) is 0 Å². The molecule has 10 heavy (non-hydrogen) atoms. The molecule has 0 aromatic carbocycles. The van der Waals surface area contributed by atoms with E-state index in [4.69, 9.17) is 0 Å². The van der Waals surface area contributed by atoms with Crippen LogP contribution in [0.3, 0.4) is 0 Å². The largest absolute Gasteiger partial charge is 0.0816 e. The van der Waals surface area contributed by atoms with Crippen molar-refractivity contribution in [3.63, 3.8) is 0 Å². The maximum absolute atomic E-state index is 2.46. The molecule has 2 aliphatic carbocycles. The Bertz CT molecular complexity index is 167. The molecule has 0 heteroatoms. The normalized spacial score (nSPS) is 43.0. The van der Waals surface area contributed by atoms with E-state index >= 15 is 0 Å². The van der Waals surface area contributed by atoms with Crippen molar-refractivity contribution in [1.29, 1.82) is 0 Å². The van der Waals surface area contributed by atoms with Gasteiger partial charge >= 0.3 is 0 Å². The first-order valence-corrected chi connectivity index (χ1v) is 4.51. The monoisotopic (exact) mass is 136 g/mol. The first-order valence-electron chi connectivity index (χ1n) is 4.51. The summed E-state index contributed by atoms with van der Waals surface area (Å²) in [5.41, 5.74) is 1.68. The van der Waals surface area contributed by atoms with Gasteiger partial charge in [0.25, 0.3) is 0 Å². The molecule has 0 amide bonds. The topological polar surface area (TPSA) is 0 Å². The lowest BCUT2D eigenvalue weighted by Gasteiger charge is -2.51. The maximum atomic E-state index is 2.46. The van der Waals surface area contributed by atoms with Crippen molar-refractivity contribution in [3.05, 3.63) is 11.6 Å². The van der Waals surface area contributed by atoms with E-state index in [1.54, 1.807) is 5.57 Å². The molecule has 0 N–H and O–H groups in total. The van der Waals surface area contributed by atoms with Gasteiger partial charge in [0, 0.05) is 0 Å². The molecule has 2 aliphatic rings. The fourth-order valence-corrected chi connectivity index (χ4v) is 2.68. The van der Waals surface area contributed by atoms with Gasteiger partial charge in [-0.05, 0) is 31.1 Å². The highest BCUT2D eigenvalue weighted by Crippen LogP contribution is 2.54. The van der Waals surface area contributed by atoms with Crippen LogP contribution in [-0.2, 0) is 0 Å². The molecular formula is C10H16. The molecule has 2 rings (SSSR count). The van der Waals surface area contributed by atoms with E-state index in [0.717, 1.165) is 17.8 Å². The molecule has 3 unspecified atom stereocenters. The predicted molar refractivity (Wildman–Crippen MR) is 43.8 cm³/mol. The van der Waals surface area contributed by atoms with Gasteiger partial charge in [-0.3, -0.25) is 0 Å². The van der Waals surface area contributed by atoms with Crippen molar-refractivity contribution in [2.75, 3.05) is 0 Å². The van der Waals surface area contributed by atoms with Crippen LogP contribution in [0.15, 0.2) is 11.6 Å². The lowest BCUT2D eigenvalue weighted by Crippen LogP contribution is -2.42. The molecule has 0 aromatic heterocycles. The summed E-state index contributed by atoms with van der Waals surface area (Å²) in [5, 5.41) is 0. The van der Waals surface area contributed by atoms with E-state index in [9.17, 15) is 0 Å². The van der Waals surface area contributed by atoms with Gasteiger partial charge in [0.05, 0.1) is 0 Å². The number of hydrogen-bond acceptors (Lipinski definition) is 0. The highest BCUT2D eigenvalue weighted by atomic mass is 14.5. The van der Waals surface area contributed by atoms with Crippen molar-refractivity contribution in [1.82, 2.24) is 0 Å². The number of fused-ring (bicyclic) bond motifs is 1. The zero-order valence-electron chi connectivity index (χ0n) is 6.93. The summed E-state index contributed by atoms with van der Waals surface area (Å²) in [6.45, 7) is 4.59. The third-order valence-corrected chi connectivity index (χ3v) is 3.21. The second-order valence-corrected chi connectivity index (χ2v) is 3.88. The van der Waals surface area contributed by atoms with Gasteiger partial charge < -0.3 is 0 Å². The SMILES string of the molecule is CCCC1CC2C=C(C)C21. The summed E-state index contributed by atoms with van der Waals surface area (Å²) in [6, 6.07) is 0. The van der Waals surface area contributed by atoms with Crippen LogP contribution in [0.1, 0.15) is 33.1 Å². The lowest BCUT2D eigenvalue weighted by atomic mass is 9.54. The molecule has 0 saturated heterocycles. The maximum Gasteiger partial charge on any atom is -0.0114 e. The zero-order chi connectivity index (χ0) is 7.14. The molecule has 1 saturated carbocycles. The standard InChI is InChI=1S/C10H16/c1-3-4-8-6-9-5-7(2)10(8)9/h5,8-10H,3-4,6H2,1-2H3. The van der Waals surface area contributed by atoms with Crippen LogP contribution < -0.4 is 0 Å². The van der Waals surface area contributed by atoms with E-state index in [-0.39, 0.29) is 0 Å². The quantitative estimate of drug-likeness (QED) is 0.512. The van der Waals surface area contributed by atoms with E-state index in [2.05, 4.69) is 19.9 Å². The van der Waals surface area contributed by atoms with Crippen LogP contribution in [0.4, 0.5) is 0 Å². The molecule has 1 fully saturated rings. The van der Waals surface area contributed by atoms with Crippen molar-refractivity contribution >= 4 is 0 Å². The van der Waals surface area contributed by atoms with Gasteiger partial charge in [0.2, 0.25) is 0 Å². The van der Waals surface area contributed by atoms with E-state index < -0.39 is 0 Å². The van der Waals surface area contributed by atoms with Crippen LogP contribution in [0, 0.1) is 17.8 Å². The molecular weight excluding hydrogens is 120 g/mol. The average molecular weight is 136 g/mol. The first kappa shape index (κ1) is 6.45. The number of rotatable bonds is 2. The third-order valence-electron chi connectivity index (χ3n) is 3.21. The van der Waals surface area contributed by atoms with Gasteiger partial charge in [-0.2, -0.15) is 0 Å². The second-order valence-electron chi connectivity index (χ2n) is 3.88. The molecule has 56 valence electrons. The van der Waals surface area contributed by atoms with Crippen molar-refractivity contribution in [3.8, 4) is 0 Å². The van der Waals surface area contributed by atoms with Gasteiger partial charge in [-0.1, -0.05) is 31.4 Å². The van der Waals surface area contributed by atoms with Crippen LogP contribution in [0.2, 0.25) is 0 Å². The summed E-state index contributed by atoms with van der Waals surface area (Å²) in [4.78, 5) is 0. The summed E-state index contributed by atoms with van der Waals surface area (Å²) in [7, 11) is 0. The zero-order valence-corrected chi connectivity index (χ0v) is 6.93. The molecule has 0 spiro atoms. The van der Waals surface area contributed by atoms with Gasteiger partial charge in [0.1, 0.15) is 0 Å². The molecule has 3 atom stereocenters. The fraction of sp³-hybridized carbons (Fsp3) is 0.800. The Morgan fingerprint density at radius 1 is 1.60 bits per heavy atom. The Labute approximate surface area is 63.3 Å². The summed E-state index contributed by atoms with van der Waals surface area (Å²) in [5.74, 6) is 3.11. The van der Waals surface area contributed by atoms with Gasteiger partial charge in [-0.15, -0.1) is 0 Å². The van der Waals surface area contributed by atoms with Crippen molar-refractivity contribution in [2.45, 2.75) is 33.1 Å².